The predicted molar refractivity (Wildman–Crippen MR) is 109 cm³/mol. The maximum Gasteiger partial charge on any atom is 0.226 e. The third-order valence-corrected chi connectivity index (χ3v) is 6.23. The van der Waals surface area contributed by atoms with Crippen LogP contribution < -0.4 is 4.90 Å². The zero-order chi connectivity index (χ0) is 19.1. The van der Waals surface area contributed by atoms with Crippen molar-refractivity contribution in [1.82, 2.24) is 9.88 Å². The average molecular weight is 377 g/mol. The van der Waals surface area contributed by atoms with Crippen molar-refractivity contribution in [2.45, 2.75) is 19.3 Å². The Labute approximate surface area is 163 Å². The Morgan fingerprint density at radius 1 is 1.00 bits per heavy atom. The van der Waals surface area contributed by atoms with Gasteiger partial charge in [-0.2, -0.15) is 0 Å². The van der Waals surface area contributed by atoms with Crippen molar-refractivity contribution in [3.8, 4) is 0 Å². The van der Waals surface area contributed by atoms with Crippen LogP contribution in [-0.2, 0) is 17.6 Å². The Morgan fingerprint density at radius 2 is 1.75 bits per heavy atom. The van der Waals surface area contributed by atoms with Crippen LogP contribution in [0.1, 0.15) is 17.7 Å². The van der Waals surface area contributed by atoms with Gasteiger partial charge in [-0.25, -0.2) is 4.39 Å². The number of nitrogens with one attached hydrogen (secondary N) is 1. The smallest absolute Gasteiger partial charge is 0.226 e. The average Bonchev–Trinajstić information content (AvgIpc) is 3.12. The molecule has 1 aromatic heterocycles. The molecule has 144 valence electrons. The van der Waals surface area contributed by atoms with Crippen LogP contribution >= 0.6 is 0 Å². The summed E-state index contributed by atoms with van der Waals surface area (Å²) in [6, 6.07) is 15.2. The highest BCUT2D eigenvalue weighted by molar-refractivity contribution is 5.87. The van der Waals surface area contributed by atoms with E-state index in [0.29, 0.717) is 31.9 Å². The number of piperazine rings is 1. The molecule has 2 heterocycles. The number of aryl methyl sites for hydroxylation is 1. The number of carbonyl (C=O) groups is 1. The molecule has 4 nitrogen and oxygen atoms in total. The number of nitrogens with zero attached hydrogens (tertiary/aromatic N) is 2. The van der Waals surface area contributed by atoms with E-state index >= 15 is 0 Å². The van der Waals surface area contributed by atoms with Gasteiger partial charge >= 0.3 is 0 Å². The van der Waals surface area contributed by atoms with E-state index < -0.39 is 0 Å². The van der Waals surface area contributed by atoms with Crippen molar-refractivity contribution < 1.29 is 9.18 Å². The first-order valence-electron chi connectivity index (χ1n) is 10.1. The predicted octanol–water partition coefficient (Wildman–Crippen LogP) is 3.76. The fraction of sp³-hybridized carbons (Fsp3) is 0.348. The zero-order valence-corrected chi connectivity index (χ0v) is 15.8. The van der Waals surface area contributed by atoms with Gasteiger partial charge < -0.3 is 14.8 Å². The highest BCUT2D eigenvalue weighted by atomic mass is 19.1. The SMILES string of the molecule is O=C(C1CCc2[nH]c3ccccc3c2C1)N1CCN(c2ccccc2F)CC1. The standard InChI is InChI=1S/C23H24FN3O/c24-19-6-2-4-8-22(19)26-11-13-27(14-12-26)23(28)16-9-10-21-18(15-16)17-5-1-3-7-20(17)25-21/h1-8,16,25H,9-15H2. The lowest BCUT2D eigenvalue weighted by molar-refractivity contribution is -0.136. The second-order valence-corrected chi connectivity index (χ2v) is 7.83. The molecule has 1 aliphatic heterocycles. The van der Waals surface area contributed by atoms with Gasteiger partial charge in [-0.3, -0.25) is 4.79 Å². The van der Waals surface area contributed by atoms with Gasteiger partial charge in [0.1, 0.15) is 5.82 Å². The molecule has 0 radical (unpaired) electrons. The Bertz CT molecular complexity index is 1020. The number of rotatable bonds is 2. The van der Waals surface area contributed by atoms with Gasteiger partial charge in [0.05, 0.1) is 5.69 Å². The Hall–Kier alpha value is -2.82. The summed E-state index contributed by atoms with van der Waals surface area (Å²) in [7, 11) is 0. The quantitative estimate of drug-likeness (QED) is 0.739. The van der Waals surface area contributed by atoms with Gasteiger partial charge in [-0.1, -0.05) is 30.3 Å². The van der Waals surface area contributed by atoms with E-state index in [1.807, 2.05) is 28.0 Å². The van der Waals surface area contributed by atoms with Crippen LogP contribution in [0.3, 0.4) is 0 Å². The molecule has 1 N–H and O–H groups in total. The maximum atomic E-state index is 14.0. The van der Waals surface area contributed by atoms with Gasteiger partial charge in [0.25, 0.3) is 0 Å². The zero-order valence-electron chi connectivity index (χ0n) is 15.8. The number of H-pyrrole nitrogens is 1. The monoisotopic (exact) mass is 377 g/mol. The Kier molecular flexibility index (Phi) is 4.30. The highest BCUT2D eigenvalue weighted by Gasteiger charge is 2.32. The highest BCUT2D eigenvalue weighted by Crippen LogP contribution is 2.33. The number of anilines is 1. The minimum Gasteiger partial charge on any atom is -0.366 e. The largest absolute Gasteiger partial charge is 0.366 e. The number of para-hydroxylation sites is 2. The second kappa shape index (κ2) is 6.97. The van der Waals surface area contributed by atoms with Crippen LogP contribution in [0, 0.1) is 11.7 Å². The first kappa shape index (κ1) is 17.3. The number of hydrogen-bond acceptors (Lipinski definition) is 2. The summed E-state index contributed by atoms with van der Waals surface area (Å²) < 4.78 is 14.0. The molecule has 0 saturated carbocycles. The topological polar surface area (TPSA) is 39.3 Å². The molecular formula is C23H24FN3O. The summed E-state index contributed by atoms with van der Waals surface area (Å²) in [5, 5.41) is 1.25. The lowest BCUT2D eigenvalue weighted by Gasteiger charge is -2.38. The first-order chi connectivity index (χ1) is 13.7. The molecule has 2 aromatic carbocycles. The summed E-state index contributed by atoms with van der Waals surface area (Å²) in [6.45, 7) is 2.67. The summed E-state index contributed by atoms with van der Waals surface area (Å²) in [5.41, 5.74) is 4.40. The molecule has 5 heteroatoms. The lowest BCUT2D eigenvalue weighted by Crippen LogP contribution is -2.51. The van der Waals surface area contributed by atoms with E-state index in [-0.39, 0.29) is 17.6 Å². The van der Waals surface area contributed by atoms with E-state index in [0.717, 1.165) is 19.3 Å². The number of aromatic amines is 1. The number of benzene rings is 2. The second-order valence-electron chi connectivity index (χ2n) is 7.83. The van der Waals surface area contributed by atoms with Crippen molar-refractivity contribution in [3.63, 3.8) is 0 Å². The molecular weight excluding hydrogens is 353 g/mol. The molecule has 28 heavy (non-hydrogen) atoms. The number of amides is 1. The number of carbonyl (C=O) groups excluding carboxylic acids is 1. The van der Waals surface area contributed by atoms with Crippen molar-refractivity contribution in [1.29, 1.82) is 0 Å². The van der Waals surface area contributed by atoms with E-state index in [1.165, 1.54) is 28.2 Å². The van der Waals surface area contributed by atoms with E-state index in [9.17, 15) is 9.18 Å². The summed E-state index contributed by atoms with van der Waals surface area (Å²) in [6.07, 6.45) is 2.63. The lowest BCUT2D eigenvalue weighted by atomic mass is 9.85. The van der Waals surface area contributed by atoms with Crippen molar-refractivity contribution >= 4 is 22.5 Å². The number of fused-ring (bicyclic) bond motifs is 3. The normalized spacial score (nSPS) is 19.7. The molecule has 2 aliphatic rings. The fourth-order valence-corrected chi connectivity index (χ4v) is 4.71. The molecule has 1 amide bonds. The van der Waals surface area contributed by atoms with Crippen LogP contribution in [0.5, 0.6) is 0 Å². The number of hydrogen-bond donors (Lipinski definition) is 1. The summed E-state index contributed by atoms with van der Waals surface area (Å²) in [5.74, 6) is 0.109. The number of aromatic nitrogens is 1. The molecule has 1 aliphatic carbocycles. The third kappa shape index (κ3) is 2.95. The first-order valence-corrected chi connectivity index (χ1v) is 10.1. The Balaban J connectivity index is 1.27. The number of halogens is 1. The summed E-state index contributed by atoms with van der Waals surface area (Å²) >= 11 is 0. The Morgan fingerprint density at radius 3 is 2.57 bits per heavy atom. The molecule has 0 bridgehead atoms. The van der Waals surface area contributed by atoms with Crippen LogP contribution in [-0.4, -0.2) is 42.0 Å². The van der Waals surface area contributed by atoms with Crippen LogP contribution in [0.25, 0.3) is 10.9 Å². The molecule has 3 aromatic rings. The molecule has 1 saturated heterocycles. The minimum absolute atomic E-state index is 0.0479. The van der Waals surface area contributed by atoms with E-state index in [2.05, 4.69) is 23.2 Å². The molecule has 1 unspecified atom stereocenters. The van der Waals surface area contributed by atoms with Gasteiger partial charge in [0.15, 0.2) is 0 Å². The fourth-order valence-electron chi connectivity index (χ4n) is 4.71. The van der Waals surface area contributed by atoms with Crippen molar-refractivity contribution in [2.24, 2.45) is 5.92 Å². The van der Waals surface area contributed by atoms with Crippen LogP contribution in [0.15, 0.2) is 48.5 Å². The van der Waals surface area contributed by atoms with Crippen molar-refractivity contribution in [2.75, 3.05) is 31.1 Å². The summed E-state index contributed by atoms with van der Waals surface area (Å²) in [4.78, 5) is 20.7. The van der Waals surface area contributed by atoms with Gasteiger partial charge in [-0.05, 0) is 43.0 Å². The minimum atomic E-state index is -0.193. The molecule has 1 fully saturated rings. The molecule has 0 spiro atoms. The van der Waals surface area contributed by atoms with E-state index in [1.54, 1.807) is 6.07 Å². The third-order valence-electron chi connectivity index (χ3n) is 6.23. The van der Waals surface area contributed by atoms with Gasteiger partial charge in [-0.15, -0.1) is 0 Å². The van der Waals surface area contributed by atoms with Gasteiger partial charge in [0, 0.05) is 48.7 Å². The van der Waals surface area contributed by atoms with Crippen LogP contribution in [0.2, 0.25) is 0 Å². The van der Waals surface area contributed by atoms with Crippen LogP contribution in [0.4, 0.5) is 10.1 Å². The molecule has 1 atom stereocenters. The molecule has 5 rings (SSSR count). The van der Waals surface area contributed by atoms with E-state index in [4.69, 9.17) is 0 Å². The van der Waals surface area contributed by atoms with Crippen molar-refractivity contribution in [3.05, 3.63) is 65.6 Å². The van der Waals surface area contributed by atoms with Gasteiger partial charge in [0.2, 0.25) is 5.91 Å². The maximum absolute atomic E-state index is 14.0.